The van der Waals surface area contributed by atoms with E-state index in [2.05, 4.69) is 15.2 Å². The molecule has 114 valence electrons. The standard InChI is InChI=1S/C13H8ClF2N3O3/c14-7-2-1-3-8(4-7)20-6-10-17-9(5-21-10)12-18-19-13(22-12)11(15)16/h1-5,11H,6H2. The van der Waals surface area contributed by atoms with E-state index in [9.17, 15) is 8.78 Å². The molecule has 2 heterocycles. The number of alkyl halides is 2. The summed E-state index contributed by atoms with van der Waals surface area (Å²) in [5.74, 6) is -0.139. The van der Waals surface area contributed by atoms with E-state index < -0.39 is 12.3 Å². The number of hydrogen-bond donors (Lipinski definition) is 0. The summed E-state index contributed by atoms with van der Waals surface area (Å²) in [5, 5.41) is 7.22. The van der Waals surface area contributed by atoms with Gasteiger partial charge in [-0.25, -0.2) is 4.98 Å². The van der Waals surface area contributed by atoms with Crippen LogP contribution in [0.2, 0.25) is 5.02 Å². The number of rotatable bonds is 5. The van der Waals surface area contributed by atoms with Crippen LogP contribution >= 0.6 is 11.6 Å². The first-order valence-electron chi connectivity index (χ1n) is 6.06. The van der Waals surface area contributed by atoms with Crippen LogP contribution in [0.3, 0.4) is 0 Å². The summed E-state index contributed by atoms with van der Waals surface area (Å²) in [5.41, 5.74) is 0.157. The quantitative estimate of drug-likeness (QED) is 0.707. The molecule has 0 aliphatic carbocycles. The Hall–Kier alpha value is -2.48. The highest BCUT2D eigenvalue weighted by Gasteiger charge is 2.19. The Morgan fingerprint density at radius 3 is 2.86 bits per heavy atom. The van der Waals surface area contributed by atoms with Gasteiger partial charge in [-0.05, 0) is 18.2 Å². The van der Waals surface area contributed by atoms with Crippen molar-refractivity contribution in [3.63, 3.8) is 0 Å². The molecule has 0 saturated heterocycles. The fraction of sp³-hybridized carbons (Fsp3) is 0.154. The lowest BCUT2D eigenvalue weighted by Gasteiger charge is -2.02. The molecule has 0 bridgehead atoms. The van der Waals surface area contributed by atoms with Gasteiger partial charge in [0.2, 0.25) is 5.89 Å². The van der Waals surface area contributed by atoms with E-state index in [-0.39, 0.29) is 24.1 Å². The largest absolute Gasteiger partial charge is 0.484 e. The number of oxazole rings is 1. The van der Waals surface area contributed by atoms with Gasteiger partial charge in [0.05, 0.1) is 0 Å². The van der Waals surface area contributed by atoms with Crippen LogP contribution in [0.4, 0.5) is 8.78 Å². The Balaban J connectivity index is 1.68. The molecule has 0 aliphatic rings. The fourth-order valence-corrected chi connectivity index (χ4v) is 1.78. The molecule has 0 unspecified atom stereocenters. The van der Waals surface area contributed by atoms with Gasteiger partial charge < -0.3 is 13.6 Å². The molecule has 3 aromatic rings. The summed E-state index contributed by atoms with van der Waals surface area (Å²) in [6.07, 6.45) is -1.61. The lowest BCUT2D eigenvalue weighted by molar-refractivity contribution is 0.116. The molecule has 0 atom stereocenters. The van der Waals surface area contributed by atoms with E-state index >= 15 is 0 Å². The number of aromatic nitrogens is 3. The average molecular weight is 328 g/mol. The van der Waals surface area contributed by atoms with Gasteiger partial charge in [0, 0.05) is 5.02 Å². The molecule has 9 heteroatoms. The van der Waals surface area contributed by atoms with E-state index in [0.717, 1.165) is 0 Å². The van der Waals surface area contributed by atoms with Crippen molar-refractivity contribution < 1.29 is 22.4 Å². The molecule has 1 aromatic carbocycles. The molecule has 0 spiro atoms. The van der Waals surface area contributed by atoms with Gasteiger partial charge in [0.1, 0.15) is 12.0 Å². The maximum atomic E-state index is 12.4. The molecule has 2 aromatic heterocycles. The number of benzene rings is 1. The van der Waals surface area contributed by atoms with Crippen molar-refractivity contribution in [2.24, 2.45) is 0 Å². The Morgan fingerprint density at radius 2 is 2.14 bits per heavy atom. The van der Waals surface area contributed by atoms with E-state index in [1.54, 1.807) is 24.3 Å². The Labute approximate surface area is 127 Å². The van der Waals surface area contributed by atoms with E-state index in [4.69, 9.17) is 25.2 Å². The molecule has 3 rings (SSSR count). The SMILES string of the molecule is FC(F)c1nnc(-c2coc(COc3cccc(Cl)c3)n2)o1. The van der Waals surface area contributed by atoms with Crippen LogP contribution in [-0.4, -0.2) is 15.2 Å². The van der Waals surface area contributed by atoms with Crippen LogP contribution in [0, 0.1) is 0 Å². The molecule has 0 amide bonds. The highest BCUT2D eigenvalue weighted by molar-refractivity contribution is 6.30. The summed E-state index contributed by atoms with van der Waals surface area (Å²) >= 11 is 5.83. The molecule has 0 N–H and O–H groups in total. The maximum Gasteiger partial charge on any atom is 0.314 e. The fourth-order valence-electron chi connectivity index (χ4n) is 1.60. The van der Waals surface area contributed by atoms with Crippen molar-refractivity contribution in [1.82, 2.24) is 15.2 Å². The van der Waals surface area contributed by atoms with Gasteiger partial charge in [0.25, 0.3) is 11.8 Å². The number of hydrogen-bond acceptors (Lipinski definition) is 6. The summed E-state index contributed by atoms with van der Waals surface area (Å²) in [6.45, 7) is 0.0379. The minimum atomic E-state index is -2.83. The molecule has 0 radical (unpaired) electrons. The van der Waals surface area contributed by atoms with Gasteiger partial charge >= 0.3 is 6.43 Å². The van der Waals surface area contributed by atoms with Crippen molar-refractivity contribution in [3.8, 4) is 17.3 Å². The van der Waals surface area contributed by atoms with Gasteiger partial charge in [-0.1, -0.05) is 17.7 Å². The highest BCUT2D eigenvalue weighted by Crippen LogP contribution is 2.23. The molecular weight excluding hydrogens is 320 g/mol. The van der Waals surface area contributed by atoms with Crippen LogP contribution in [0.25, 0.3) is 11.6 Å². The Morgan fingerprint density at radius 1 is 1.27 bits per heavy atom. The van der Waals surface area contributed by atoms with Crippen LogP contribution in [0.1, 0.15) is 18.2 Å². The molecule has 0 fully saturated rings. The minimum absolute atomic E-state index is 0.0379. The van der Waals surface area contributed by atoms with Crippen LogP contribution in [-0.2, 0) is 6.61 Å². The van der Waals surface area contributed by atoms with Crippen molar-refractivity contribution in [3.05, 3.63) is 47.3 Å². The van der Waals surface area contributed by atoms with Crippen LogP contribution in [0.15, 0.2) is 39.4 Å². The van der Waals surface area contributed by atoms with Crippen LogP contribution in [0.5, 0.6) is 5.75 Å². The predicted octanol–water partition coefficient (Wildman–Crippen LogP) is 3.89. The van der Waals surface area contributed by atoms with Gasteiger partial charge in [-0.15, -0.1) is 10.2 Å². The molecule has 0 saturated carbocycles. The Bertz CT molecular complexity index is 775. The molecular formula is C13H8ClF2N3O3. The molecule has 22 heavy (non-hydrogen) atoms. The third-order valence-electron chi connectivity index (χ3n) is 2.56. The van der Waals surface area contributed by atoms with Crippen LogP contribution < -0.4 is 4.74 Å². The van der Waals surface area contributed by atoms with Gasteiger partial charge in [-0.3, -0.25) is 0 Å². The lowest BCUT2D eigenvalue weighted by atomic mass is 10.3. The Kier molecular flexibility index (Phi) is 4.01. The zero-order chi connectivity index (χ0) is 15.5. The van der Waals surface area contributed by atoms with Crippen molar-refractivity contribution >= 4 is 11.6 Å². The zero-order valence-corrected chi connectivity index (χ0v) is 11.6. The minimum Gasteiger partial charge on any atom is -0.484 e. The lowest BCUT2D eigenvalue weighted by Crippen LogP contribution is -1.95. The van der Waals surface area contributed by atoms with Crippen molar-refractivity contribution in [2.75, 3.05) is 0 Å². The first kappa shape index (κ1) is 14.5. The second-order valence-corrected chi connectivity index (χ2v) is 4.56. The normalized spacial score (nSPS) is 11.1. The third-order valence-corrected chi connectivity index (χ3v) is 2.79. The molecule has 6 nitrogen and oxygen atoms in total. The van der Waals surface area contributed by atoms with E-state index in [1.807, 2.05) is 0 Å². The number of ether oxygens (including phenoxy) is 1. The molecule has 0 aliphatic heterocycles. The number of nitrogens with zero attached hydrogens (tertiary/aromatic N) is 3. The summed E-state index contributed by atoms with van der Waals surface area (Å²) in [7, 11) is 0. The first-order valence-corrected chi connectivity index (χ1v) is 6.44. The average Bonchev–Trinajstić information content (AvgIpc) is 3.14. The second kappa shape index (κ2) is 6.10. The van der Waals surface area contributed by atoms with Crippen molar-refractivity contribution in [2.45, 2.75) is 13.0 Å². The summed E-state index contributed by atoms with van der Waals surface area (Å²) in [4.78, 5) is 4.02. The summed E-state index contributed by atoms with van der Waals surface area (Å²) < 4.78 is 40.1. The van der Waals surface area contributed by atoms with E-state index in [0.29, 0.717) is 10.8 Å². The first-order chi connectivity index (χ1) is 10.6. The van der Waals surface area contributed by atoms with Gasteiger partial charge in [0.15, 0.2) is 12.3 Å². The highest BCUT2D eigenvalue weighted by atomic mass is 35.5. The van der Waals surface area contributed by atoms with E-state index in [1.165, 1.54) is 6.26 Å². The monoisotopic (exact) mass is 327 g/mol. The maximum absolute atomic E-state index is 12.4. The topological polar surface area (TPSA) is 74.2 Å². The predicted molar refractivity (Wildman–Crippen MR) is 70.5 cm³/mol. The summed E-state index contributed by atoms with van der Waals surface area (Å²) in [6, 6.07) is 6.82. The third kappa shape index (κ3) is 3.22. The number of halogens is 3. The zero-order valence-electron chi connectivity index (χ0n) is 10.9. The van der Waals surface area contributed by atoms with Gasteiger partial charge in [-0.2, -0.15) is 8.78 Å². The van der Waals surface area contributed by atoms with Crippen molar-refractivity contribution in [1.29, 1.82) is 0 Å². The smallest absolute Gasteiger partial charge is 0.314 e. The second-order valence-electron chi connectivity index (χ2n) is 4.12.